The van der Waals surface area contributed by atoms with Crippen LogP contribution in [0.3, 0.4) is 0 Å². The van der Waals surface area contributed by atoms with E-state index < -0.39 is 23.6 Å². The van der Waals surface area contributed by atoms with Gasteiger partial charge in [0.25, 0.3) is 11.8 Å². The van der Waals surface area contributed by atoms with E-state index in [4.69, 9.17) is 14.2 Å². The van der Waals surface area contributed by atoms with Crippen LogP contribution in [0.2, 0.25) is 0 Å². The molecule has 0 aliphatic carbocycles. The molecule has 0 radical (unpaired) electrons. The number of rotatable bonds is 11. The van der Waals surface area contributed by atoms with E-state index in [1.807, 2.05) is 50.2 Å². The molecule has 0 saturated carbocycles. The van der Waals surface area contributed by atoms with Crippen LogP contribution in [0.1, 0.15) is 39.8 Å². The number of epoxide rings is 1. The van der Waals surface area contributed by atoms with Crippen molar-refractivity contribution in [2.45, 2.75) is 32.0 Å². The Balaban J connectivity index is 1.50. The third kappa shape index (κ3) is 6.40. The number of fused-ring (bicyclic) bond motifs is 1. The first-order valence-electron chi connectivity index (χ1n) is 12.8. The number of nitrogens with one attached hydrogen (secondary N) is 2. The molecule has 1 fully saturated rings. The number of anilines is 1. The van der Waals surface area contributed by atoms with Crippen LogP contribution >= 0.6 is 0 Å². The first kappa shape index (κ1) is 28.1. The lowest BCUT2D eigenvalue weighted by Gasteiger charge is -2.21. The summed E-state index contributed by atoms with van der Waals surface area (Å²) in [5, 5.41) is 7.23. The van der Waals surface area contributed by atoms with Gasteiger partial charge in [-0.15, -0.1) is 0 Å². The predicted molar refractivity (Wildman–Crippen MR) is 148 cm³/mol. The smallest absolute Gasteiger partial charge is 0.339 e. The van der Waals surface area contributed by atoms with E-state index in [0.717, 1.165) is 23.9 Å². The molecule has 1 aliphatic heterocycles. The molecule has 3 aromatic rings. The third-order valence-electron chi connectivity index (χ3n) is 6.83. The summed E-state index contributed by atoms with van der Waals surface area (Å²) in [7, 11) is 7.21. The minimum absolute atomic E-state index is 0.239. The number of carbonyl (C=O) groups excluding carboxylic acids is 3. The van der Waals surface area contributed by atoms with Gasteiger partial charge in [0.05, 0.1) is 25.0 Å². The quantitative estimate of drug-likeness (QED) is 0.220. The predicted octanol–water partition coefficient (Wildman–Crippen LogP) is 3.13. The lowest BCUT2D eigenvalue weighted by atomic mass is 10.00. The summed E-state index contributed by atoms with van der Waals surface area (Å²) in [5.74, 6) is -0.935. The number of carbonyl (C=O) groups is 3. The largest absolute Gasteiger partial charge is 0.497 e. The van der Waals surface area contributed by atoms with Crippen LogP contribution in [-0.2, 0) is 21.3 Å². The summed E-state index contributed by atoms with van der Waals surface area (Å²) in [5.41, 5.74) is 1.13. The van der Waals surface area contributed by atoms with Crippen molar-refractivity contribution >= 4 is 34.2 Å². The number of esters is 1. The van der Waals surface area contributed by atoms with E-state index in [2.05, 4.69) is 10.6 Å². The van der Waals surface area contributed by atoms with Crippen molar-refractivity contribution in [1.82, 2.24) is 14.8 Å². The molecule has 0 bridgehead atoms. The number of methoxy groups -OCH3 is 1. The van der Waals surface area contributed by atoms with Crippen LogP contribution in [0.25, 0.3) is 10.8 Å². The van der Waals surface area contributed by atoms with Crippen LogP contribution in [0.4, 0.5) is 5.69 Å². The van der Waals surface area contributed by atoms with Gasteiger partial charge in [0.15, 0.2) is 0 Å². The van der Waals surface area contributed by atoms with Gasteiger partial charge in [0, 0.05) is 19.8 Å². The van der Waals surface area contributed by atoms with Gasteiger partial charge >= 0.3 is 5.97 Å². The zero-order valence-electron chi connectivity index (χ0n) is 23.3. The fourth-order valence-electron chi connectivity index (χ4n) is 4.44. The van der Waals surface area contributed by atoms with Gasteiger partial charge in [-0.1, -0.05) is 18.2 Å². The highest BCUT2D eigenvalue weighted by atomic mass is 16.6. The molecule has 39 heavy (non-hydrogen) atoms. The van der Waals surface area contributed by atoms with Crippen LogP contribution < -0.4 is 15.4 Å². The zero-order valence-corrected chi connectivity index (χ0v) is 23.3. The molecule has 10 nitrogen and oxygen atoms in total. The number of ether oxygens (including phenoxy) is 3. The average Bonchev–Trinajstić information content (AvgIpc) is 3.54. The van der Waals surface area contributed by atoms with Crippen LogP contribution in [0, 0.1) is 6.92 Å². The SMILES string of the molecule is COc1cc(C(=O)O[C@H](C(=O)Nc2cc(C(=O)NCCCN(C)C)n(C)c2)[C@]2(C)CO2)c2cccc(C)c2c1. The molecule has 0 spiro atoms. The summed E-state index contributed by atoms with van der Waals surface area (Å²) < 4.78 is 18.3. The molecule has 2 heterocycles. The summed E-state index contributed by atoms with van der Waals surface area (Å²) >= 11 is 0. The zero-order chi connectivity index (χ0) is 28.3. The van der Waals surface area contributed by atoms with E-state index in [-0.39, 0.29) is 12.5 Å². The van der Waals surface area contributed by atoms with Crippen LogP contribution in [0.5, 0.6) is 5.75 Å². The van der Waals surface area contributed by atoms with E-state index >= 15 is 0 Å². The highest BCUT2D eigenvalue weighted by Crippen LogP contribution is 2.35. The van der Waals surface area contributed by atoms with Crippen molar-refractivity contribution in [2.75, 3.05) is 46.2 Å². The highest BCUT2D eigenvalue weighted by molar-refractivity contribution is 6.07. The molecule has 1 aliphatic rings. The molecular weight excluding hydrogens is 500 g/mol. The molecule has 2 amide bonds. The van der Waals surface area contributed by atoms with E-state index in [0.29, 0.717) is 34.6 Å². The van der Waals surface area contributed by atoms with Crippen molar-refractivity contribution in [1.29, 1.82) is 0 Å². The monoisotopic (exact) mass is 536 g/mol. The first-order valence-corrected chi connectivity index (χ1v) is 12.8. The fourth-order valence-corrected chi connectivity index (χ4v) is 4.44. The van der Waals surface area contributed by atoms with Crippen molar-refractivity contribution in [2.24, 2.45) is 7.05 Å². The maximum absolute atomic E-state index is 13.4. The number of amides is 2. The maximum atomic E-state index is 13.4. The molecule has 1 saturated heterocycles. The van der Waals surface area contributed by atoms with Crippen LogP contribution in [-0.4, -0.2) is 79.9 Å². The van der Waals surface area contributed by atoms with Gasteiger partial charge in [-0.2, -0.15) is 0 Å². The van der Waals surface area contributed by atoms with Gasteiger partial charge in [-0.05, 0) is 75.4 Å². The summed E-state index contributed by atoms with van der Waals surface area (Å²) in [6.07, 6.45) is 1.25. The second kappa shape index (κ2) is 11.5. The number of aromatic nitrogens is 1. The number of benzene rings is 2. The second-order valence-electron chi connectivity index (χ2n) is 10.4. The number of hydrogen-bond donors (Lipinski definition) is 2. The minimum Gasteiger partial charge on any atom is -0.497 e. The number of nitrogens with zero attached hydrogens (tertiary/aromatic N) is 2. The molecule has 2 atom stereocenters. The topological polar surface area (TPSA) is 114 Å². The molecule has 1 aromatic heterocycles. The van der Waals surface area contributed by atoms with Gasteiger partial charge in [0.2, 0.25) is 6.10 Å². The lowest BCUT2D eigenvalue weighted by Crippen LogP contribution is -2.42. The Morgan fingerprint density at radius 2 is 1.92 bits per heavy atom. The Morgan fingerprint density at radius 1 is 1.18 bits per heavy atom. The molecule has 4 rings (SSSR count). The van der Waals surface area contributed by atoms with E-state index in [1.54, 1.807) is 36.9 Å². The van der Waals surface area contributed by atoms with Crippen molar-refractivity contribution in [3.05, 3.63) is 59.4 Å². The Kier molecular flexibility index (Phi) is 8.27. The fraction of sp³-hybridized carbons (Fsp3) is 0.414. The molecular formula is C29H36N4O6. The maximum Gasteiger partial charge on any atom is 0.339 e. The summed E-state index contributed by atoms with van der Waals surface area (Å²) in [6, 6.07) is 10.7. The standard InChI is InChI=1S/C29H36N4O6/c1-18-9-7-10-21-22(18)14-20(37-6)15-23(21)28(36)39-25(29(2)17-38-29)27(35)31-19-13-24(33(5)16-19)26(34)30-11-8-12-32(3)4/h7,9-10,13-16,25H,8,11-12,17H2,1-6H3,(H,30,34)(H,31,35)/t25-,29+/m1/s1. The van der Waals surface area contributed by atoms with Crippen molar-refractivity contribution in [3.63, 3.8) is 0 Å². The third-order valence-corrected chi connectivity index (χ3v) is 6.83. The number of hydrogen-bond acceptors (Lipinski definition) is 7. The van der Waals surface area contributed by atoms with E-state index in [1.165, 1.54) is 7.11 Å². The minimum atomic E-state index is -1.21. The Morgan fingerprint density at radius 3 is 2.59 bits per heavy atom. The summed E-state index contributed by atoms with van der Waals surface area (Å²) in [4.78, 5) is 41.5. The van der Waals surface area contributed by atoms with Gasteiger partial charge in [-0.25, -0.2) is 4.79 Å². The normalized spacial score (nSPS) is 17.1. The second-order valence-corrected chi connectivity index (χ2v) is 10.4. The first-order chi connectivity index (χ1) is 18.5. The van der Waals surface area contributed by atoms with Crippen molar-refractivity contribution < 1.29 is 28.6 Å². The number of aryl methyl sites for hydroxylation is 2. The molecule has 0 unspecified atom stereocenters. The summed E-state index contributed by atoms with van der Waals surface area (Å²) in [6.45, 7) is 5.34. The van der Waals surface area contributed by atoms with E-state index in [9.17, 15) is 14.4 Å². The molecule has 208 valence electrons. The van der Waals surface area contributed by atoms with Gasteiger partial charge in [-0.3, -0.25) is 9.59 Å². The highest BCUT2D eigenvalue weighted by Gasteiger charge is 2.53. The van der Waals surface area contributed by atoms with Gasteiger partial charge in [0.1, 0.15) is 17.0 Å². The molecule has 2 N–H and O–H groups in total. The van der Waals surface area contributed by atoms with Gasteiger partial charge < -0.3 is 34.3 Å². The molecule has 10 heteroatoms. The molecule has 2 aromatic carbocycles. The lowest BCUT2D eigenvalue weighted by molar-refractivity contribution is -0.127. The average molecular weight is 537 g/mol. The van der Waals surface area contributed by atoms with Crippen LogP contribution in [0.15, 0.2) is 42.6 Å². The van der Waals surface area contributed by atoms with Crippen molar-refractivity contribution in [3.8, 4) is 5.75 Å². The Hall–Kier alpha value is -3.89. The Labute approximate surface area is 228 Å². The Bertz CT molecular complexity index is 1390.